The van der Waals surface area contributed by atoms with Crippen molar-refractivity contribution in [2.75, 3.05) is 0 Å². The molecule has 1 aliphatic rings. The molecule has 0 saturated carbocycles. The maximum Gasteiger partial charge on any atom is 0.225 e. The number of aryl methyl sites for hydroxylation is 2. The van der Waals surface area contributed by atoms with Gasteiger partial charge in [-0.25, -0.2) is 9.97 Å². The molecule has 8 heteroatoms. The first-order chi connectivity index (χ1) is 12.1. The molecule has 0 radical (unpaired) electrons. The maximum absolute atomic E-state index is 11.3. The lowest BCUT2D eigenvalue weighted by molar-refractivity contribution is -0.117. The third kappa shape index (κ3) is 3.02. The number of carbonyl (C=O) groups is 1. The van der Waals surface area contributed by atoms with Gasteiger partial charge in [-0.2, -0.15) is 9.78 Å². The van der Waals surface area contributed by atoms with E-state index in [4.69, 9.17) is 5.73 Å². The van der Waals surface area contributed by atoms with Crippen LogP contribution >= 0.6 is 0 Å². The lowest BCUT2D eigenvalue weighted by Gasteiger charge is -2.22. The minimum Gasteiger partial charge on any atom is -0.369 e. The average Bonchev–Trinajstić information content (AvgIpc) is 3.20. The second kappa shape index (κ2) is 6.12. The second-order valence-corrected chi connectivity index (χ2v) is 6.31. The van der Waals surface area contributed by atoms with E-state index < -0.39 is 5.91 Å². The fourth-order valence-corrected chi connectivity index (χ4v) is 3.27. The summed E-state index contributed by atoms with van der Waals surface area (Å²) in [5.74, 6) is 1.72. The molecule has 4 rings (SSSR count). The molecule has 1 amide bonds. The summed E-state index contributed by atoms with van der Waals surface area (Å²) in [7, 11) is 0. The third-order valence-corrected chi connectivity index (χ3v) is 4.41. The van der Waals surface area contributed by atoms with Gasteiger partial charge in [-0.3, -0.25) is 9.48 Å². The van der Waals surface area contributed by atoms with Crippen LogP contribution in [0.25, 0.3) is 5.82 Å². The van der Waals surface area contributed by atoms with E-state index in [-0.39, 0.29) is 12.3 Å². The van der Waals surface area contributed by atoms with E-state index in [1.54, 1.807) is 4.68 Å². The van der Waals surface area contributed by atoms with Gasteiger partial charge in [0.1, 0.15) is 5.82 Å². The lowest BCUT2D eigenvalue weighted by Crippen LogP contribution is -2.21. The van der Waals surface area contributed by atoms with Crippen molar-refractivity contribution in [3.63, 3.8) is 0 Å². The Morgan fingerprint density at radius 2 is 2.20 bits per heavy atom. The van der Waals surface area contributed by atoms with Crippen LogP contribution < -0.4 is 5.73 Å². The SMILES string of the molecule is Cc1cccc(-n2nc(CC(N)=O)nc2C2CCn3nccc3C2)n1. The fraction of sp³-hybridized carbons (Fsp3) is 0.353. The molecule has 0 spiro atoms. The number of primary amides is 1. The zero-order valence-electron chi connectivity index (χ0n) is 14.0. The van der Waals surface area contributed by atoms with Crippen molar-refractivity contribution in [2.24, 2.45) is 5.73 Å². The van der Waals surface area contributed by atoms with E-state index in [1.807, 2.05) is 42.1 Å². The maximum atomic E-state index is 11.3. The van der Waals surface area contributed by atoms with E-state index >= 15 is 0 Å². The van der Waals surface area contributed by atoms with E-state index in [2.05, 4.69) is 20.2 Å². The Bertz CT molecular complexity index is 927. The molecule has 2 N–H and O–H groups in total. The Hall–Kier alpha value is -3.03. The number of fused-ring (bicyclic) bond motifs is 1. The Kier molecular flexibility index (Phi) is 3.79. The Labute approximate surface area is 144 Å². The van der Waals surface area contributed by atoms with Gasteiger partial charge in [0.25, 0.3) is 0 Å². The van der Waals surface area contributed by atoms with Crippen molar-refractivity contribution < 1.29 is 4.79 Å². The topological polar surface area (TPSA) is 105 Å². The van der Waals surface area contributed by atoms with Crippen LogP contribution in [0.2, 0.25) is 0 Å². The summed E-state index contributed by atoms with van der Waals surface area (Å²) in [5.41, 5.74) is 7.40. The highest BCUT2D eigenvalue weighted by atomic mass is 16.1. The highest BCUT2D eigenvalue weighted by Crippen LogP contribution is 2.29. The van der Waals surface area contributed by atoms with Crippen molar-refractivity contribution >= 4 is 5.91 Å². The van der Waals surface area contributed by atoms with Crippen LogP contribution in [0, 0.1) is 6.92 Å². The van der Waals surface area contributed by atoms with Crippen LogP contribution in [0.4, 0.5) is 0 Å². The molecule has 25 heavy (non-hydrogen) atoms. The predicted octanol–water partition coefficient (Wildman–Crippen LogP) is 0.925. The second-order valence-electron chi connectivity index (χ2n) is 6.31. The summed E-state index contributed by atoms with van der Waals surface area (Å²) in [6.45, 7) is 2.77. The quantitative estimate of drug-likeness (QED) is 0.762. The first-order valence-electron chi connectivity index (χ1n) is 8.29. The van der Waals surface area contributed by atoms with Crippen LogP contribution in [0.1, 0.15) is 35.4 Å². The number of rotatable bonds is 4. The number of aromatic nitrogens is 6. The summed E-state index contributed by atoms with van der Waals surface area (Å²) < 4.78 is 3.77. The number of carbonyl (C=O) groups excluding carboxylic acids is 1. The van der Waals surface area contributed by atoms with Gasteiger partial charge < -0.3 is 5.73 Å². The van der Waals surface area contributed by atoms with Gasteiger partial charge in [-0.05, 0) is 38.0 Å². The molecule has 128 valence electrons. The zero-order valence-corrected chi connectivity index (χ0v) is 14.0. The first kappa shape index (κ1) is 15.5. The summed E-state index contributed by atoms with van der Waals surface area (Å²) >= 11 is 0. The average molecular weight is 337 g/mol. The number of hydrogen-bond acceptors (Lipinski definition) is 5. The van der Waals surface area contributed by atoms with Crippen molar-refractivity contribution in [3.8, 4) is 5.82 Å². The Morgan fingerprint density at radius 1 is 1.32 bits per heavy atom. The van der Waals surface area contributed by atoms with Gasteiger partial charge in [-0.1, -0.05) is 6.07 Å². The molecular formula is C17H19N7O. The number of nitrogens with two attached hydrogens (primary N) is 1. The van der Waals surface area contributed by atoms with Crippen molar-refractivity contribution in [1.82, 2.24) is 29.5 Å². The van der Waals surface area contributed by atoms with Crippen LogP contribution in [-0.4, -0.2) is 35.4 Å². The van der Waals surface area contributed by atoms with Crippen LogP contribution in [0.3, 0.4) is 0 Å². The van der Waals surface area contributed by atoms with E-state index in [1.165, 1.54) is 5.69 Å². The van der Waals surface area contributed by atoms with Gasteiger partial charge in [0, 0.05) is 30.0 Å². The molecule has 0 saturated heterocycles. The molecule has 4 heterocycles. The highest BCUT2D eigenvalue weighted by Gasteiger charge is 2.27. The molecule has 1 unspecified atom stereocenters. The summed E-state index contributed by atoms with van der Waals surface area (Å²) in [5, 5.41) is 8.82. The molecule has 0 aromatic carbocycles. The van der Waals surface area contributed by atoms with Crippen molar-refractivity contribution in [3.05, 3.63) is 53.5 Å². The molecule has 0 aliphatic carbocycles. The van der Waals surface area contributed by atoms with Crippen molar-refractivity contribution in [1.29, 1.82) is 0 Å². The van der Waals surface area contributed by atoms with Crippen LogP contribution in [0.5, 0.6) is 0 Å². The predicted molar refractivity (Wildman–Crippen MR) is 90.1 cm³/mol. The monoisotopic (exact) mass is 337 g/mol. The summed E-state index contributed by atoms with van der Waals surface area (Å²) in [4.78, 5) is 20.5. The highest BCUT2D eigenvalue weighted by molar-refractivity contribution is 5.75. The molecule has 0 bridgehead atoms. The van der Waals surface area contributed by atoms with Crippen LogP contribution in [0.15, 0.2) is 30.5 Å². The first-order valence-corrected chi connectivity index (χ1v) is 8.29. The van der Waals surface area contributed by atoms with Gasteiger partial charge in [-0.15, -0.1) is 5.10 Å². The van der Waals surface area contributed by atoms with Gasteiger partial charge >= 0.3 is 0 Å². The van der Waals surface area contributed by atoms with E-state index in [9.17, 15) is 4.79 Å². The molecule has 3 aromatic heterocycles. The van der Waals surface area contributed by atoms with E-state index in [0.29, 0.717) is 11.6 Å². The Morgan fingerprint density at radius 3 is 3.00 bits per heavy atom. The molecule has 1 aliphatic heterocycles. The van der Waals surface area contributed by atoms with Gasteiger partial charge in [0.05, 0.1) is 6.42 Å². The standard InChI is InChI=1S/C17H19N7O/c1-11-3-2-4-16(20-11)24-17(21-15(22-24)10-14(18)25)12-6-8-23-13(9-12)5-7-19-23/h2-5,7,12H,6,8-10H2,1H3,(H2,18,25). The lowest BCUT2D eigenvalue weighted by atomic mass is 9.95. The largest absolute Gasteiger partial charge is 0.369 e. The zero-order chi connectivity index (χ0) is 17.4. The Balaban J connectivity index is 1.75. The summed E-state index contributed by atoms with van der Waals surface area (Å²) in [6, 6.07) is 7.80. The molecule has 0 fully saturated rings. The van der Waals surface area contributed by atoms with E-state index in [0.717, 1.165) is 30.9 Å². The van der Waals surface area contributed by atoms with Crippen LogP contribution in [-0.2, 0) is 24.2 Å². The number of hydrogen-bond donors (Lipinski definition) is 1. The number of amides is 1. The summed E-state index contributed by atoms with van der Waals surface area (Å²) in [6.07, 6.45) is 3.59. The minimum absolute atomic E-state index is 0.0243. The normalized spacial score (nSPS) is 16.6. The third-order valence-electron chi connectivity index (χ3n) is 4.41. The molecule has 1 atom stereocenters. The smallest absolute Gasteiger partial charge is 0.225 e. The van der Waals surface area contributed by atoms with Gasteiger partial charge in [0.15, 0.2) is 11.6 Å². The fourth-order valence-electron chi connectivity index (χ4n) is 3.27. The van der Waals surface area contributed by atoms with Gasteiger partial charge in [0.2, 0.25) is 5.91 Å². The number of pyridine rings is 1. The molecule has 8 nitrogen and oxygen atoms in total. The number of nitrogens with zero attached hydrogens (tertiary/aromatic N) is 6. The van der Waals surface area contributed by atoms with Crippen molar-refractivity contribution in [2.45, 2.75) is 38.6 Å². The molecular weight excluding hydrogens is 318 g/mol. The minimum atomic E-state index is -0.442. The molecule has 3 aromatic rings.